The van der Waals surface area contributed by atoms with Crippen molar-refractivity contribution < 1.29 is 27.5 Å². The van der Waals surface area contributed by atoms with Crippen LogP contribution in [-0.4, -0.2) is 58.0 Å². The van der Waals surface area contributed by atoms with Gasteiger partial charge in [-0.25, -0.2) is 8.42 Å². The molecule has 3 rings (SSSR count). The van der Waals surface area contributed by atoms with Gasteiger partial charge in [0, 0.05) is 13.1 Å². The third-order valence-electron chi connectivity index (χ3n) is 6.38. The molecule has 9 nitrogen and oxygen atoms in total. The maximum absolute atomic E-state index is 14.0. The van der Waals surface area contributed by atoms with Gasteiger partial charge in [-0.3, -0.25) is 13.9 Å². The van der Waals surface area contributed by atoms with Crippen LogP contribution < -0.4 is 19.1 Å². The van der Waals surface area contributed by atoms with E-state index in [0.717, 1.165) is 9.87 Å². The topological polar surface area (TPSA) is 105 Å². The van der Waals surface area contributed by atoms with E-state index in [0.29, 0.717) is 30.3 Å². The van der Waals surface area contributed by atoms with E-state index in [1.165, 1.54) is 17.0 Å². The molecule has 3 aromatic carbocycles. The van der Waals surface area contributed by atoms with Crippen molar-refractivity contribution in [1.82, 2.24) is 10.2 Å². The smallest absolute Gasteiger partial charge is 0.264 e. The van der Waals surface area contributed by atoms with Crippen molar-refractivity contribution in [3.8, 4) is 11.5 Å². The van der Waals surface area contributed by atoms with E-state index in [4.69, 9.17) is 9.47 Å². The predicted molar refractivity (Wildman–Crippen MR) is 159 cm³/mol. The van der Waals surface area contributed by atoms with E-state index in [-0.39, 0.29) is 23.3 Å². The standard InChI is InChI=1S/C31H39N3O6S/c1-6-40-27-17-15-26(16-18-27)34(41(37,38)29-13-8-7-9-14-29)22-30(35)33(24(4)31(36)32-20-23(2)3)21-25-11-10-12-28(19-25)39-5/h7-19,23-24H,6,20-22H2,1-5H3,(H,32,36)/t24-/m0/s1. The number of ether oxygens (including phenoxy) is 2. The van der Waals surface area contributed by atoms with Crippen molar-refractivity contribution in [2.75, 3.05) is 31.1 Å². The summed E-state index contributed by atoms with van der Waals surface area (Å²) in [6, 6.07) is 20.8. The van der Waals surface area contributed by atoms with Gasteiger partial charge < -0.3 is 19.7 Å². The summed E-state index contributed by atoms with van der Waals surface area (Å²) in [5, 5.41) is 2.88. The number of methoxy groups -OCH3 is 1. The second-order valence-electron chi connectivity index (χ2n) is 9.94. The Morgan fingerprint density at radius 1 is 0.902 bits per heavy atom. The second-order valence-corrected chi connectivity index (χ2v) is 11.8. The zero-order chi connectivity index (χ0) is 30.0. The summed E-state index contributed by atoms with van der Waals surface area (Å²) in [5.41, 5.74) is 1.03. The van der Waals surface area contributed by atoms with Crippen LogP contribution in [0.15, 0.2) is 83.8 Å². The maximum atomic E-state index is 14.0. The Bertz CT molecular complexity index is 1390. The average Bonchev–Trinajstić information content (AvgIpc) is 2.98. The zero-order valence-electron chi connectivity index (χ0n) is 24.2. The van der Waals surface area contributed by atoms with E-state index in [2.05, 4.69) is 5.32 Å². The molecule has 0 saturated heterocycles. The summed E-state index contributed by atoms with van der Waals surface area (Å²) in [5.74, 6) is 0.547. The second kappa shape index (κ2) is 14.5. The monoisotopic (exact) mass is 581 g/mol. The number of nitrogens with one attached hydrogen (secondary N) is 1. The third-order valence-corrected chi connectivity index (χ3v) is 8.17. The zero-order valence-corrected chi connectivity index (χ0v) is 25.1. The molecule has 0 aliphatic carbocycles. The van der Waals surface area contributed by atoms with Gasteiger partial charge in [-0.2, -0.15) is 0 Å². The largest absolute Gasteiger partial charge is 0.497 e. The molecule has 0 unspecified atom stereocenters. The van der Waals surface area contributed by atoms with Gasteiger partial charge in [0.15, 0.2) is 0 Å². The lowest BCUT2D eigenvalue weighted by Crippen LogP contribution is -2.51. The van der Waals surface area contributed by atoms with Gasteiger partial charge >= 0.3 is 0 Å². The van der Waals surface area contributed by atoms with E-state index in [1.54, 1.807) is 74.7 Å². The number of anilines is 1. The molecule has 10 heteroatoms. The normalized spacial score (nSPS) is 12.0. The molecule has 0 aromatic heterocycles. The molecule has 0 saturated carbocycles. The molecule has 41 heavy (non-hydrogen) atoms. The SMILES string of the molecule is CCOc1ccc(N(CC(=O)N(Cc2cccc(OC)c2)[C@@H](C)C(=O)NCC(C)C)S(=O)(=O)c2ccccc2)cc1. The van der Waals surface area contributed by atoms with Crippen molar-refractivity contribution in [2.45, 2.75) is 45.2 Å². The van der Waals surface area contributed by atoms with Crippen LogP contribution in [-0.2, 0) is 26.2 Å². The molecule has 0 heterocycles. The fourth-order valence-electron chi connectivity index (χ4n) is 4.13. The number of carbonyl (C=O) groups excluding carboxylic acids is 2. The molecular weight excluding hydrogens is 542 g/mol. The number of sulfonamides is 1. The van der Waals surface area contributed by atoms with Gasteiger partial charge in [0.2, 0.25) is 11.8 Å². The molecule has 1 atom stereocenters. The first-order chi connectivity index (χ1) is 19.6. The number of amides is 2. The number of benzene rings is 3. The minimum atomic E-state index is -4.13. The van der Waals surface area contributed by atoms with Gasteiger partial charge in [0.25, 0.3) is 10.0 Å². The summed E-state index contributed by atoms with van der Waals surface area (Å²) >= 11 is 0. The van der Waals surface area contributed by atoms with E-state index < -0.39 is 28.5 Å². The molecule has 3 aromatic rings. The Morgan fingerprint density at radius 2 is 1.59 bits per heavy atom. The van der Waals surface area contributed by atoms with E-state index in [1.807, 2.05) is 26.8 Å². The Morgan fingerprint density at radius 3 is 2.20 bits per heavy atom. The highest BCUT2D eigenvalue weighted by Gasteiger charge is 2.32. The summed E-state index contributed by atoms with van der Waals surface area (Å²) in [6.45, 7) is 7.92. The molecule has 0 aliphatic heterocycles. The first kappa shape index (κ1) is 31.5. The number of hydrogen-bond acceptors (Lipinski definition) is 6. The first-order valence-corrected chi connectivity index (χ1v) is 15.0. The number of nitrogens with zero attached hydrogens (tertiary/aromatic N) is 2. The summed E-state index contributed by atoms with van der Waals surface area (Å²) in [6.07, 6.45) is 0. The molecule has 220 valence electrons. The average molecular weight is 582 g/mol. The van der Waals surface area contributed by atoms with Crippen LogP contribution in [0.25, 0.3) is 0 Å². The molecule has 0 spiro atoms. The summed E-state index contributed by atoms with van der Waals surface area (Å²) in [7, 11) is -2.59. The maximum Gasteiger partial charge on any atom is 0.264 e. The van der Waals surface area contributed by atoms with Crippen LogP contribution in [0.2, 0.25) is 0 Å². The molecule has 0 bridgehead atoms. The van der Waals surface area contributed by atoms with Crippen molar-refractivity contribution in [1.29, 1.82) is 0 Å². The van der Waals surface area contributed by atoms with Crippen LogP contribution in [0.5, 0.6) is 11.5 Å². The Labute approximate surface area is 243 Å². The van der Waals surface area contributed by atoms with Crippen LogP contribution in [0.1, 0.15) is 33.3 Å². The predicted octanol–water partition coefficient (Wildman–Crippen LogP) is 4.48. The van der Waals surface area contributed by atoms with Gasteiger partial charge in [-0.1, -0.05) is 44.2 Å². The molecule has 0 radical (unpaired) electrons. The highest BCUT2D eigenvalue weighted by molar-refractivity contribution is 7.92. The van der Waals surface area contributed by atoms with Crippen LogP contribution in [0.4, 0.5) is 5.69 Å². The minimum absolute atomic E-state index is 0.0451. The van der Waals surface area contributed by atoms with Crippen LogP contribution in [0, 0.1) is 5.92 Å². The highest BCUT2D eigenvalue weighted by Crippen LogP contribution is 2.27. The lowest BCUT2D eigenvalue weighted by atomic mass is 10.1. The van der Waals surface area contributed by atoms with Crippen molar-refractivity contribution in [3.05, 3.63) is 84.4 Å². The Hall–Kier alpha value is -4.05. The Balaban J connectivity index is 2.01. The molecule has 1 N–H and O–H groups in total. The van der Waals surface area contributed by atoms with Gasteiger partial charge in [0.1, 0.15) is 24.1 Å². The quantitative estimate of drug-likeness (QED) is 0.301. The van der Waals surface area contributed by atoms with E-state index in [9.17, 15) is 18.0 Å². The number of carbonyl (C=O) groups is 2. The number of hydrogen-bond donors (Lipinski definition) is 1. The molecule has 0 fully saturated rings. The summed E-state index contributed by atoms with van der Waals surface area (Å²) < 4.78 is 39.6. The lowest BCUT2D eigenvalue weighted by Gasteiger charge is -2.32. The first-order valence-electron chi connectivity index (χ1n) is 13.6. The van der Waals surface area contributed by atoms with Gasteiger partial charge in [-0.15, -0.1) is 0 Å². The molecule has 2 amide bonds. The number of rotatable bonds is 14. The molecule has 0 aliphatic rings. The lowest BCUT2D eigenvalue weighted by molar-refractivity contribution is -0.139. The van der Waals surface area contributed by atoms with Crippen molar-refractivity contribution >= 4 is 27.5 Å². The Kier molecular flexibility index (Phi) is 11.2. The van der Waals surface area contributed by atoms with Crippen molar-refractivity contribution in [3.63, 3.8) is 0 Å². The molecular formula is C31H39N3O6S. The van der Waals surface area contributed by atoms with Crippen LogP contribution >= 0.6 is 0 Å². The fourth-order valence-corrected chi connectivity index (χ4v) is 5.56. The van der Waals surface area contributed by atoms with Gasteiger partial charge in [0.05, 0.1) is 24.3 Å². The summed E-state index contributed by atoms with van der Waals surface area (Å²) in [4.78, 5) is 28.5. The van der Waals surface area contributed by atoms with E-state index >= 15 is 0 Å². The fraction of sp³-hybridized carbons (Fsp3) is 0.355. The highest BCUT2D eigenvalue weighted by atomic mass is 32.2. The minimum Gasteiger partial charge on any atom is -0.497 e. The third kappa shape index (κ3) is 8.47. The van der Waals surface area contributed by atoms with Crippen molar-refractivity contribution in [2.24, 2.45) is 5.92 Å². The van der Waals surface area contributed by atoms with Crippen LogP contribution in [0.3, 0.4) is 0 Å². The van der Waals surface area contributed by atoms with Gasteiger partial charge in [-0.05, 0) is 73.9 Å².